The number of carbonyl (C=O) groups is 2. The highest BCUT2D eigenvalue weighted by Crippen LogP contribution is 2.52. The summed E-state index contributed by atoms with van der Waals surface area (Å²) in [5, 5.41) is 10.4. The summed E-state index contributed by atoms with van der Waals surface area (Å²) in [5.41, 5.74) is 1.91. The molecule has 3 rings (SSSR count). The number of fused-ring (bicyclic) bond motifs is 3. The Hall–Kier alpha value is -1.88. The smallest absolute Gasteiger partial charge is 0.334 e. The first-order chi connectivity index (χ1) is 10.3. The van der Waals surface area contributed by atoms with Crippen molar-refractivity contribution in [3.05, 3.63) is 36.5 Å². The molecule has 118 valence electrons. The number of hydrogen-bond acceptors (Lipinski definition) is 5. The fourth-order valence-electron chi connectivity index (χ4n) is 4.09. The minimum Gasteiger partial charge on any atom is -0.458 e. The van der Waals surface area contributed by atoms with Crippen molar-refractivity contribution in [2.75, 3.05) is 0 Å². The van der Waals surface area contributed by atoms with Gasteiger partial charge < -0.3 is 14.6 Å². The Morgan fingerprint density at radius 2 is 2.00 bits per heavy atom. The van der Waals surface area contributed by atoms with Crippen LogP contribution < -0.4 is 0 Å². The maximum Gasteiger partial charge on any atom is 0.334 e. The van der Waals surface area contributed by atoms with Gasteiger partial charge in [-0.25, -0.2) is 4.79 Å². The van der Waals surface area contributed by atoms with Crippen molar-refractivity contribution in [2.24, 2.45) is 17.8 Å². The lowest BCUT2D eigenvalue weighted by Crippen LogP contribution is -2.34. The van der Waals surface area contributed by atoms with E-state index in [4.69, 9.17) is 9.47 Å². The molecule has 0 amide bonds. The van der Waals surface area contributed by atoms with E-state index >= 15 is 0 Å². The number of aliphatic hydroxyl groups excluding tert-OH is 1. The van der Waals surface area contributed by atoms with Crippen molar-refractivity contribution in [1.82, 2.24) is 0 Å². The van der Waals surface area contributed by atoms with E-state index in [1.165, 1.54) is 6.92 Å². The third kappa shape index (κ3) is 2.11. The zero-order chi connectivity index (χ0) is 16.2. The molecule has 3 aliphatic rings. The van der Waals surface area contributed by atoms with Gasteiger partial charge in [0.1, 0.15) is 12.2 Å². The van der Waals surface area contributed by atoms with Crippen molar-refractivity contribution in [3.8, 4) is 0 Å². The molecule has 0 aromatic carbocycles. The molecule has 5 heteroatoms. The predicted octanol–water partition coefficient (Wildman–Crippen LogP) is 1.53. The van der Waals surface area contributed by atoms with E-state index in [-0.39, 0.29) is 17.8 Å². The second-order valence-electron chi connectivity index (χ2n) is 6.39. The van der Waals surface area contributed by atoms with E-state index < -0.39 is 30.2 Å². The summed E-state index contributed by atoms with van der Waals surface area (Å²) in [7, 11) is 0. The molecular weight excluding hydrogens is 284 g/mol. The number of aliphatic hydroxyl groups is 1. The number of hydrogen-bond donors (Lipinski definition) is 1. The SMILES string of the molecule is C=C1C(=O)O[C@@H]2[C@H]3C(=C)[C@@H](OC(C)=O)C[C@H]3C(=C)C[C@@H](O)[C@@H]12. The summed E-state index contributed by atoms with van der Waals surface area (Å²) < 4.78 is 10.8. The summed E-state index contributed by atoms with van der Waals surface area (Å²) in [5.74, 6) is -1.49. The average Bonchev–Trinajstić information content (AvgIpc) is 2.85. The first kappa shape index (κ1) is 15.0. The molecule has 1 saturated heterocycles. The van der Waals surface area contributed by atoms with E-state index in [0.717, 1.165) is 11.1 Å². The third-order valence-electron chi connectivity index (χ3n) is 5.08. The van der Waals surface area contributed by atoms with Gasteiger partial charge in [0, 0.05) is 18.4 Å². The Bertz CT molecular complexity index is 590. The van der Waals surface area contributed by atoms with E-state index in [9.17, 15) is 14.7 Å². The quantitative estimate of drug-likeness (QED) is 0.452. The van der Waals surface area contributed by atoms with E-state index in [2.05, 4.69) is 19.7 Å². The number of carbonyl (C=O) groups excluding carboxylic acids is 2. The molecule has 0 bridgehead atoms. The van der Waals surface area contributed by atoms with Crippen LogP contribution in [0, 0.1) is 17.8 Å². The highest BCUT2D eigenvalue weighted by molar-refractivity contribution is 5.91. The lowest BCUT2D eigenvalue weighted by Gasteiger charge is -2.26. The fourth-order valence-corrected chi connectivity index (χ4v) is 4.09. The zero-order valence-corrected chi connectivity index (χ0v) is 12.6. The molecule has 2 aliphatic carbocycles. The van der Waals surface area contributed by atoms with Gasteiger partial charge in [0.25, 0.3) is 0 Å². The van der Waals surface area contributed by atoms with Gasteiger partial charge in [-0.3, -0.25) is 4.79 Å². The number of ether oxygens (including phenoxy) is 2. The topological polar surface area (TPSA) is 72.8 Å². The first-order valence-corrected chi connectivity index (χ1v) is 7.42. The molecule has 0 aromatic rings. The monoisotopic (exact) mass is 304 g/mol. The average molecular weight is 304 g/mol. The highest BCUT2D eigenvalue weighted by atomic mass is 16.6. The summed E-state index contributed by atoms with van der Waals surface area (Å²) in [6, 6.07) is 0. The lowest BCUT2D eigenvalue weighted by atomic mass is 9.81. The molecule has 1 N–H and O–H groups in total. The van der Waals surface area contributed by atoms with Crippen LogP contribution in [0.5, 0.6) is 0 Å². The van der Waals surface area contributed by atoms with Crippen molar-refractivity contribution in [2.45, 2.75) is 38.1 Å². The molecule has 2 saturated carbocycles. The van der Waals surface area contributed by atoms with E-state index in [1.54, 1.807) is 0 Å². The van der Waals surface area contributed by atoms with E-state index in [1.807, 2.05) is 0 Å². The van der Waals surface area contributed by atoms with Crippen LogP contribution in [0.4, 0.5) is 0 Å². The molecular formula is C17H20O5. The highest BCUT2D eigenvalue weighted by Gasteiger charge is 2.56. The van der Waals surface area contributed by atoms with Gasteiger partial charge in [-0.2, -0.15) is 0 Å². The Morgan fingerprint density at radius 1 is 1.32 bits per heavy atom. The second-order valence-corrected chi connectivity index (χ2v) is 6.39. The van der Waals surface area contributed by atoms with Crippen LogP contribution in [0.1, 0.15) is 19.8 Å². The van der Waals surface area contributed by atoms with Crippen molar-refractivity contribution in [3.63, 3.8) is 0 Å². The molecule has 0 radical (unpaired) electrons. The van der Waals surface area contributed by atoms with Crippen LogP contribution in [0.15, 0.2) is 36.5 Å². The van der Waals surface area contributed by atoms with Crippen LogP contribution >= 0.6 is 0 Å². The molecule has 6 atom stereocenters. The minimum atomic E-state index is -0.734. The summed E-state index contributed by atoms with van der Waals surface area (Å²) in [4.78, 5) is 23.1. The van der Waals surface area contributed by atoms with Crippen molar-refractivity contribution < 1.29 is 24.2 Å². The second kappa shape index (κ2) is 5.09. The van der Waals surface area contributed by atoms with Gasteiger partial charge in [0.15, 0.2) is 0 Å². The molecule has 22 heavy (non-hydrogen) atoms. The van der Waals surface area contributed by atoms with E-state index in [0.29, 0.717) is 18.4 Å². The summed E-state index contributed by atoms with van der Waals surface area (Å²) in [6.45, 7) is 13.3. The standard InChI is InChI=1S/C17H20O5/c1-7-5-12(19)15-9(3)17(20)22-16(15)14-8(2)13(6-11(7)14)21-10(4)18/h11-16,19H,1-3,5-6H2,4H3/t11-,12+,13-,14-,15+,16+/m0/s1. The molecule has 0 unspecified atom stereocenters. The van der Waals surface area contributed by atoms with Crippen LogP contribution in [0.2, 0.25) is 0 Å². The summed E-state index contributed by atoms with van der Waals surface area (Å²) in [6.07, 6.45) is -0.679. The van der Waals surface area contributed by atoms with Gasteiger partial charge in [-0.1, -0.05) is 25.3 Å². The number of esters is 2. The van der Waals surface area contributed by atoms with Crippen LogP contribution in [-0.2, 0) is 19.1 Å². The lowest BCUT2D eigenvalue weighted by molar-refractivity contribution is -0.145. The predicted molar refractivity (Wildman–Crippen MR) is 78.6 cm³/mol. The van der Waals surface area contributed by atoms with Crippen LogP contribution in [0.3, 0.4) is 0 Å². The van der Waals surface area contributed by atoms with Crippen LogP contribution in [-0.4, -0.2) is 35.4 Å². The van der Waals surface area contributed by atoms with Gasteiger partial charge in [0.05, 0.1) is 12.0 Å². The Balaban J connectivity index is 1.97. The summed E-state index contributed by atoms with van der Waals surface area (Å²) >= 11 is 0. The van der Waals surface area contributed by atoms with Crippen molar-refractivity contribution >= 4 is 11.9 Å². The Labute approximate surface area is 129 Å². The normalized spacial score (nSPS) is 40.8. The maximum atomic E-state index is 11.9. The minimum absolute atomic E-state index is 0.0137. The van der Waals surface area contributed by atoms with Crippen molar-refractivity contribution in [1.29, 1.82) is 0 Å². The van der Waals surface area contributed by atoms with Gasteiger partial charge >= 0.3 is 11.9 Å². The largest absolute Gasteiger partial charge is 0.458 e. The number of rotatable bonds is 1. The van der Waals surface area contributed by atoms with Gasteiger partial charge in [-0.05, 0) is 24.3 Å². The molecule has 3 fully saturated rings. The van der Waals surface area contributed by atoms with Gasteiger partial charge in [-0.15, -0.1) is 0 Å². The third-order valence-corrected chi connectivity index (χ3v) is 5.08. The molecule has 1 aliphatic heterocycles. The molecule has 1 heterocycles. The van der Waals surface area contributed by atoms with Gasteiger partial charge in [0.2, 0.25) is 0 Å². The molecule has 0 spiro atoms. The molecule has 5 nitrogen and oxygen atoms in total. The van der Waals surface area contributed by atoms with Crippen LogP contribution in [0.25, 0.3) is 0 Å². The zero-order valence-electron chi connectivity index (χ0n) is 12.6. The first-order valence-electron chi connectivity index (χ1n) is 7.42. The Morgan fingerprint density at radius 3 is 2.64 bits per heavy atom. The maximum absolute atomic E-state index is 11.9. The molecule has 0 aromatic heterocycles. The Kier molecular flexibility index (Phi) is 3.48. The fraction of sp³-hybridized carbons (Fsp3) is 0.529.